The monoisotopic (exact) mass is 440 g/mol. The first-order valence-electron chi connectivity index (χ1n) is 10.3. The van der Waals surface area contributed by atoms with Gasteiger partial charge in [0.1, 0.15) is 6.54 Å². The number of anilines is 1. The maximum absolute atomic E-state index is 12.5. The summed E-state index contributed by atoms with van der Waals surface area (Å²) in [6.07, 6.45) is 2.44. The van der Waals surface area contributed by atoms with Gasteiger partial charge in [0.25, 0.3) is 0 Å². The Bertz CT molecular complexity index is 1040. The second-order valence-electron chi connectivity index (χ2n) is 7.67. The number of imidazole rings is 1. The van der Waals surface area contributed by atoms with E-state index in [-0.39, 0.29) is 30.7 Å². The molecule has 0 spiro atoms. The van der Waals surface area contributed by atoms with Crippen molar-refractivity contribution in [2.45, 2.75) is 38.6 Å². The van der Waals surface area contributed by atoms with Gasteiger partial charge in [-0.05, 0) is 23.8 Å². The van der Waals surface area contributed by atoms with Crippen LogP contribution in [0.4, 0.5) is 5.69 Å². The molecule has 0 aliphatic heterocycles. The zero-order chi connectivity index (χ0) is 22.2. The molecule has 164 valence electrons. The molecule has 3 aromatic rings. The number of thioether (sulfide) groups is 1. The van der Waals surface area contributed by atoms with Crippen molar-refractivity contribution in [1.82, 2.24) is 14.9 Å². The summed E-state index contributed by atoms with van der Waals surface area (Å²) in [6, 6.07) is 13.6. The molecule has 0 aliphatic rings. The van der Waals surface area contributed by atoms with E-state index >= 15 is 0 Å². The Labute approximate surface area is 186 Å². The molecule has 0 unspecified atom stereocenters. The third-order valence-electron chi connectivity index (χ3n) is 4.81. The molecule has 3 N–H and O–H groups in total. The SMILES string of the molecule is CC(C)CCNC(=O)Cn1c(CO)cnc1SCC(=O)Nc1cccc2ccccc12. The van der Waals surface area contributed by atoms with Crippen LogP contribution in [0.3, 0.4) is 0 Å². The number of aromatic nitrogens is 2. The number of benzene rings is 2. The first-order valence-corrected chi connectivity index (χ1v) is 11.3. The number of hydrogen-bond donors (Lipinski definition) is 3. The Morgan fingerprint density at radius 2 is 1.90 bits per heavy atom. The van der Waals surface area contributed by atoms with E-state index in [2.05, 4.69) is 29.5 Å². The van der Waals surface area contributed by atoms with Crippen molar-refractivity contribution in [2.75, 3.05) is 17.6 Å². The number of aliphatic hydroxyl groups is 1. The summed E-state index contributed by atoms with van der Waals surface area (Å²) in [7, 11) is 0. The van der Waals surface area contributed by atoms with Crippen LogP contribution in [-0.2, 0) is 22.7 Å². The maximum atomic E-state index is 12.5. The summed E-state index contributed by atoms with van der Waals surface area (Å²) in [5, 5.41) is 18.0. The van der Waals surface area contributed by atoms with Crippen molar-refractivity contribution in [3.05, 3.63) is 54.4 Å². The topological polar surface area (TPSA) is 96.2 Å². The number of fused-ring (bicyclic) bond motifs is 1. The molecule has 0 saturated carbocycles. The smallest absolute Gasteiger partial charge is 0.240 e. The molecule has 2 amide bonds. The quantitative estimate of drug-likeness (QED) is 0.420. The predicted octanol–water partition coefficient (Wildman–Crippen LogP) is 3.42. The minimum Gasteiger partial charge on any atom is -0.390 e. The van der Waals surface area contributed by atoms with Crippen LogP contribution >= 0.6 is 11.8 Å². The van der Waals surface area contributed by atoms with Gasteiger partial charge in [0.2, 0.25) is 11.8 Å². The van der Waals surface area contributed by atoms with Crippen molar-refractivity contribution in [1.29, 1.82) is 0 Å². The zero-order valence-electron chi connectivity index (χ0n) is 17.8. The van der Waals surface area contributed by atoms with E-state index in [0.29, 0.717) is 23.3 Å². The standard InChI is InChI=1S/C23H28N4O3S/c1-16(2)10-11-24-21(29)13-27-18(14-28)12-25-23(27)31-15-22(30)26-20-9-5-7-17-6-3-4-8-19(17)20/h3-9,12,16,28H,10-11,13-15H2,1-2H3,(H,24,29)(H,26,30). The number of carbonyl (C=O) groups excluding carboxylic acids is 2. The highest BCUT2D eigenvalue weighted by molar-refractivity contribution is 7.99. The van der Waals surface area contributed by atoms with Gasteiger partial charge in [-0.15, -0.1) is 0 Å². The minimum absolute atomic E-state index is 0.0568. The molecule has 0 saturated heterocycles. The fraction of sp³-hybridized carbons (Fsp3) is 0.348. The number of amides is 2. The summed E-state index contributed by atoms with van der Waals surface area (Å²) in [5.41, 5.74) is 1.29. The fourth-order valence-corrected chi connectivity index (χ4v) is 3.95. The third-order valence-corrected chi connectivity index (χ3v) is 5.80. The van der Waals surface area contributed by atoms with E-state index in [9.17, 15) is 14.7 Å². The minimum atomic E-state index is -0.227. The van der Waals surface area contributed by atoms with Gasteiger partial charge in [-0.2, -0.15) is 0 Å². The molecule has 3 rings (SSSR count). The Morgan fingerprint density at radius 1 is 1.13 bits per heavy atom. The summed E-state index contributed by atoms with van der Waals surface area (Å²) < 4.78 is 1.65. The number of rotatable bonds is 10. The molecule has 0 aliphatic carbocycles. The van der Waals surface area contributed by atoms with Crippen LogP contribution in [0.1, 0.15) is 26.0 Å². The maximum Gasteiger partial charge on any atom is 0.240 e. The Balaban J connectivity index is 1.61. The molecule has 0 radical (unpaired) electrons. The lowest BCUT2D eigenvalue weighted by Gasteiger charge is -2.12. The normalized spacial score (nSPS) is 11.1. The van der Waals surface area contributed by atoms with E-state index in [0.717, 1.165) is 22.9 Å². The molecule has 31 heavy (non-hydrogen) atoms. The van der Waals surface area contributed by atoms with Crippen molar-refractivity contribution < 1.29 is 14.7 Å². The van der Waals surface area contributed by atoms with Gasteiger partial charge >= 0.3 is 0 Å². The van der Waals surface area contributed by atoms with Crippen LogP contribution < -0.4 is 10.6 Å². The van der Waals surface area contributed by atoms with Gasteiger partial charge in [-0.1, -0.05) is 62.0 Å². The number of aliphatic hydroxyl groups excluding tert-OH is 1. The second kappa shape index (κ2) is 11.0. The van der Waals surface area contributed by atoms with E-state index in [1.807, 2.05) is 42.5 Å². The average molecular weight is 441 g/mol. The first kappa shape index (κ1) is 22.8. The summed E-state index contributed by atoms with van der Waals surface area (Å²) >= 11 is 1.24. The van der Waals surface area contributed by atoms with Gasteiger partial charge < -0.3 is 20.3 Å². The van der Waals surface area contributed by atoms with Gasteiger partial charge in [0.05, 0.1) is 24.3 Å². The van der Waals surface area contributed by atoms with Crippen LogP contribution in [0.25, 0.3) is 10.8 Å². The van der Waals surface area contributed by atoms with E-state index < -0.39 is 0 Å². The lowest BCUT2D eigenvalue weighted by Crippen LogP contribution is -2.30. The van der Waals surface area contributed by atoms with Crippen LogP contribution in [-0.4, -0.2) is 38.8 Å². The van der Waals surface area contributed by atoms with Crippen molar-refractivity contribution >= 4 is 40.0 Å². The third kappa shape index (κ3) is 6.32. The predicted molar refractivity (Wildman–Crippen MR) is 124 cm³/mol. The van der Waals surface area contributed by atoms with Crippen LogP contribution in [0.5, 0.6) is 0 Å². The first-order chi connectivity index (χ1) is 15.0. The molecule has 1 heterocycles. The molecule has 7 nitrogen and oxygen atoms in total. The van der Waals surface area contributed by atoms with Gasteiger partial charge in [0, 0.05) is 17.6 Å². The van der Waals surface area contributed by atoms with Gasteiger partial charge in [-0.25, -0.2) is 4.98 Å². The summed E-state index contributed by atoms with van der Waals surface area (Å²) in [5.74, 6) is 0.339. The number of nitrogens with zero attached hydrogens (tertiary/aromatic N) is 2. The van der Waals surface area contributed by atoms with Crippen molar-refractivity contribution in [2.24, 2.45) is 5.92 Å². The molecule has 1 aromatic heterocycles. The Hall–Kier alpha value is -2.84. The molecule has 0 bridgehead atoms. The van der Waals surface area contributed by atoms with Crippen molar-refractivity contribution in [3.63, 3.8) is 0 Å². The highest BCUT2D eigenvalue weighted by Gasteiger charge is 2.15. The van der Waals surface area contributed by atoms with Gasteiger partial charge in [0.15, 0.2) is 5.16 Å². The molecule has 8 heteroatoms. The number of nitrogens with one attached hydrogen (secondary N) is 2. The molecule has 2 aromatic carbocycles. The van der Waals surface area contributed by atoms with E-state index in [4.69, 9.17) is 0 Å². The fourth-order valence-electron chi connectivity index (χ4n) is 3.15. The van der Waals surface area contributed by atoms with E-state index in [1.54, 1.807) is 4.57 Å². The Kier molecular flexibility index (Phi) is 8.08. The van der Waals surface area contributed by atoms with E-state index in [1.165, 1.54) is 18.0 Å². The molecule has 0 fully saturated rings. The molecular formula is C23H28N4O3S. The van der Waals surface area contributed by atoms with Crippen LogP contribution in [0.15, 0.2) is 53.8 Å². The number of carbonyl (C=O) groups is 2. The Morgan fingerprint density at radius 3 is 2.68 bits per heavy atom. The van der Waals surface area contributed by atoms with Crippen LogP contribution in [0, 0.1) is 5.92 Å². The highest BCUT2D eigenvalue weighted by Crippen LogP contribution is 2.24. The molecular weight excluding hydrogens is 412 g/mol. The lowest BCUT2D eigenvalue weighted by molar-refractivity contribution is -0.121. The summed E-state index contributed by atoms with van der Waals surface area (Å²) in [6.45, 7) is 4.64. The van der Waals surface area contributed by atoms with Crippen molar-refractivity contribution in [3.8, 4) is 0 Å². The molecule has 0 atom stereocenters. The van der Waals surface area contributed by atoms with Crippen LogP contribution in [0.2, 0.25) is 0 Å². The largest absolute Gasteiger partial charge is 0.390 e. The zero-order valence-corrected chi connectivity index (χ0v) is 18.6. The average Bonchev–Trinajstić information content (AvgIpc) is 3.13. The lowest BCUT2D eigenvalue weighted by atomic mass is 10.1. The highest BCUT2D eigenvalue weighted by atomic mass is 32.2. The number of hydrogen-bond acceptors (Lipinski definition) is 5. The second-order valence-corrected chi connectivity index (χ2v) is 8.61. The van der Waals surface area contributed by atoms with Gasteiger partial charge in [-0.3, -0.25) is 9.59 Å². The summed E-state index contributed by atoms with van der Waals surface area (Å²) in [4.78, 5) is 29.1.